The Morgan fingerprint density at radius 2 is 1.77 bits per heavy atom. The molecule has 0 aromatic heterocycles. The average Bonchev–Trinajstić information content (AvgIpc) is 2.53. The number of methoxy groups -OCH3 is 1. The topological polar surface area (TPSA) is 75.6 Å². The van der Waals surface area contributed by atoms with Gasteiger partial charge in [-0.2, -0.15) is 0 Å². The Morgan fingerprint density at radius 3 is 2.41 bits per heavy atom. The minimum atomic E-state index is -0.967. The van der Waals surface area contributed by atoms with Gasteiger partial charge in [-0.1, -0.05) is 24.3 Å². The molecule has 2 rings (SSSR count). The molecule has 0 aliphatic heterocycles. The molecule has 22 heavy (non-hydrogen) atoms. The van der Waals surface area contributed by atoms with Crippen LogP contribution in [0.3, 0.4) is 0 Å². The molecular formula is C17H17NO4. The average molecular weight is 299 g/mol. The SMILES string of the molecule is COCc1cccc(C(=O)NCc2ccc(C(=O)O)cc2)c1. The number of amides is 1. The van der Waals surface area contributed by atoms with Crippen molar-refractivity contribution in [3.8, 4) is 0 Å². The first kappa shape index (κ1) is 15.7. The second-order valence-corrected chi connectivity index (χ2v) is 4.82. The van der Waals surface area contributed by atoms with E-state index in [1.54, 1.807) is 31.4 Å². The van der Waals surface area contributed by atoms with Crippen LogP contribution in [0.4, 0.5) is 0 Å². The largest absolute Gasteiger partial charge is 0.478 e. The second-order valence-electron chi connectivity index (χ2n) is 4.82. The molecule has 2 N–H and O–H groups in total. The van der Waals surface area contributed by atoms with E-state index in [1.165, 1.54) is 12.1 Å². The second kappa shape index (κ2) is 7.38. The van der Waals surface area contributed by atoms with Crippen LogP contribution in [0.15, 0.2) is 48.5 Å². The van der Waals surface area contributed by atoms with E-state index in [9.17, 15) is 9.59 Å². The summed E-state index contributed by atoms with van der Waals surface area (Å²) in [6.45, 7) is 0.797. The summed E-state index contributed by atoms with van der Waals surface area (Å²) in [4.78, 5) is 22.9. The molecule has 0 saturated carbocycles. The van der Waals surface area contributed by atoms with Crippen molar-refractivity contribution in [3.63, 3.8) is 0 Å². The summed E-state index contributed by atoms with van der Waals surface area (Å²) < 4.78 is 5.04. The third-order valence-corrected chi connectivity index (χ3v) is 3.15. The van der Waals surface area contributed by atoms with Crippen LogP contribution >= 0.6 is 0 Å². The Morgan fingerprint density at radius 1 is 1.05 bits per heavy atom. The van der Waals surface area contributed by atoms with Crippen molar-refractivity contribution in [2.24, 2.45) is 0 Å². The molecule has 0 fully saturated rings. The van der Waals surface area contributed by atoms with Gasteiger partial charge in [-0.3, -0.25) is 4.79 Å². The summed E-state index contributed by atoms with van der Waals surface area (Å²) in [5.41, 5.74) is 2.56. The summed E-state index contributed by atoms with van der Waals surface area (Å²) in [6.07, 6.45) is 0. The maximum absolute atomic E-state index is 12.1. The molecule has 1 amide bonds. The maximum Gasteiger partial charge on any atom is 0.335 e. The van der Waals surface area contributed by atoms with E-state index in [1.807, 2.05) is 12.1 Å². The van der Waals surface area contributed by atoms with Crippen molar-refractivity contribution in [1.82, 2.24) is 5.32 Å². The van der Waals surface area contributed by atoms with Gasteiger partial charge in [0.25, 0.3) is 5.91 Å². The van der Waals surface area contributed by atoms with Crippen molar-refractivity contribution in [2.75, 3.05) is 7.11 Å². The van der Waals surface area contributed by atoms with Gasteiger partial charge in [0, 0.05) is 19.2 Å². The quantitative estimate of drug-likeness (QED) is 0.859. The van der Waals surface area contributed by atoms with Crippen molar-refractivity contribution in [3.05, 3.63) is 70.8 Å². The van der Waals surface area contributed by atoms with Crippen LogP contribution in [0, 0.1) is 0 Å². The standard InChI is InChI=1S/C17H17NO4/c1-22-11-13-3-2-4-15(9-13)16(19)18-10-12-5-7-14(8-6-12)17(20)21/h2-9H,10-11H2,1H3,(H,18,19)(H,20,21). The number of benzene rings is 2. The number of nitrogens with one attached hydrogen (secondary N) is 1. The normalized spacial score (nSPS) is 10.2. The van der Waals surface area contributed by atoms with Crippen LogP contribution < -0.4 is 5.32 Å². The van der Waals surface area contributed by atoms with Gasteiger partial charge >= 0.3 is 5.97 Å². The van der Waals surface area contributed by atoms with E-state index >= 15 is 0 Å². The van der Waals surface area contributed by atoms with Gasteiger partial charge in [0.1, 0.15) is 0 Å². The molecule has 0 radical (unpaired) electrons. The van der Waals surface area contributed by atoms with E-state index in [-0.39, 0.29) is 11.5 Å². The Bertz CT molecular complexity index is 665. The fourth-order valence-electron chi connectivity index (χ4n) is 2.02. The zero-order valence-corrected chi connectivity index (χ0v) is 12.2. The molecule has 2 aromatic rings. The number of ether oxygens (including phenoxy) is 1. The van der Waals surface area contributed by atoms with Gasteiger partial charge in [0.2, 0.25) is 0 Å². The van der Waals surface area contributed by atoms with Gasteiger partial charge in [-0.15, -0.1) is 0 Å². The van der Waals surface area contributed by atoms with E-state index in [0.29, 0.717) is 18.7 Å². The molecule has 2 aromatic carbocycles. The number of carbonyl (C=O) groups excluding carboxylic acids is 1. The Kier molecular flexibility index (Phi) is 5.27. The van der Waals surface area contributed by atoms with Gasteiger partial charge in [0.05, 0.1) is 12.2 Å². The summed E-state index contributed by atoms with van der Waals surface area (Å²) in [5, 5.41) is 11.6. The Balaban J connectivity index is 1.97. The minimum absolute atomic E-state index is 0.180. The van der Waals surface area contributed by atoms with E-state index in [4.69, 9.17) is 9.84 Å². The van der Waals surface area contributed by atoms with Crippen molar-refractivity contribution in [2.45, 2.75) is 13.2 Å². The predicted molar refractivity (Wildman–Crippen MR) is 81.7 cm³/mol. The molecule has 0 spiro atoms. The highest BCUT2D eigenvalue weighted by atomic mass is 16.5. The zero-order chi connectivity index (χ0) is 15.9. The number of rotatable bonds is 6. The first-order valence-electron chi connectivity index (χ1n) is 6.78. The van der Waals surface area contributed by atoms with Crippen molar-refractivity contribution >= 4 is 11.9 Å². The first-order valence-corrected chi connectivity index (χ1v) is 6.78. The highest BCUT2D eigenvalue weighted by molar-refractivity contribution is 5.94. The molecule has 114 valence electrons. The third-order valence-electron chi connectivity index (χ3n) is 3.15. The molecule has 0 unspecified atom stereocenters. The monoisotopic (exact) mass is 299 g/mol. The highest BCUT2D eigenvalue weighted by Gasteiger charge is 2.07. The van der Waals surface area contributed by atoms with Crippen LogP contribution in [0.5, 0.6) is 0 Å². The molecule has 5 heteroatoms. The number of carbonyl (C=O) groups is 2. The highest BCUT2D eigenvalue weighted by Crippen LogP contribution is 2.08. The van der Waals surface area contributed by atoms with E-state index < -0.39 is 5.97 Å². The Labute approximate surface area is 128 Å². The molecule has 0 atom stereocenters. The fourth-order valence-corrected chi connectivity index (χ4v) is 2.02. The summed E-state index contributed by atoms with van der Waals surface area (Å²) in [5.74, 6) is -1.15. The van der Waals surface area contributed by atoms with Crippen LogP contribution in [0.25, 0.3) is 0 Å². The van der Waals surface area contributed by atoms with Gasteiger partial charge in [-0.05, 0) is 35.4 Å². The number of hydrogen-bond acceptors (Lipinski definition) is 3. The van der Waals surface area contributed by atoms with E-state index in [0.717, 1.165) is 11.1 Å². The van der Waals surface area contributed by atoms with E-state index in [2.05, 4.69) is 5.32 Å². The zero-order valence-electron chi connectivity index (χ0n) is 12.2. The number of aromatic carboxylic acids is 1. The number of carboxylic acids is 1. The molecule has 0 heterocycles. The van der Waals surface area contributed by atoms with Gasteiger partial charge < -0.3 is 15.2 Å². The molecule has 5 nitrogen and oxygen atoms in total. The van der Waals surface area contributed by atoms with Crippen LogP contribution in [-0.2, 0) is 17.9 Å². The van der Waals surface area contributed by atoms with Crippen molar-refractivity contribution < 1.29 is 19.4 Å². The summed E-state index contributed by atoms with van der Waals surface area (Å²) in [6, 6.07) is 13.6. The fraction of sp³-hybridized carbons (Fsp3) is 0.176. The lowest BCUT2D eigenvalue weighted by Gasteiger charge is -2.07. The van der Waals surface area contributed by atoms with Crippen molar-refractivity contribution in [1.29, 1.82) is 0 Å². The molecule has 0 aliphatic rings. The summed E-state index contributed by atoms with van der Waals surface area (Å²) in [7, 11) is 1.60. The van der Waals surface area contributed by atoms with Crippen LogP contribution in [-0.4, -0.2) is 24.1 Å². The molecule has 0 bridgehead atoms. The lowest BCUT2D eigenvalue weighted by molar-refractivity contribution is 0.0696. The van der Waals surface area contributed by atoms with Crippen LogP contribution in [0.2, 0.25) is 0 Å². The molecule has 0 aliphatic carbocycles. The lowest BCUT2D eigenvalue weighted by atomic mass is 10.1. The number of carboxylic acid groups (broad SMARTS) is 1. The smallest absolute Gasteiger partial charge is 0.335 e. The summed E-state index contributed by atoms with van der Waals surface area (Å²) >= 11 is 0. The predicted octanol–water partition coefficient (Wildman–Crippen LogP) is 2.46. The van der Waals surface area contributed by atoms with Crippen LogP contribution in [0.1, 0.15) is 31.8 Å². The maximum atomic E-state index is 12.1. The van der Waals surface area contributed by atoms with Gasteiger partial charge in [0.15, 0.2) is 0 Å². The first-order chi connectivity index (χ1) is 10.6. The Hall–Kier alpha value is -2.66. The molecular weight excluding hydrogens is 282 g/mol. The minimum Gasteiger partial charge on any atom is -0.478 e. The molecule has 0 saturated heterocycles. The lowest BCUT2D eigenvalue weighted by Crippen LogP contribution is -2.22. The van der Waals surface area contributed by atoms with Gasteiger partial charge in [-0.25, -0.2) is 4.79 Å². The third kappa shape index (κ3) is 4.17. The number of hydrogen-bond donors (Lipinski definition) is 2.